The molecule has 0 aliphatic carbocycles. The van der Waals surface area contributed by atoms with E-state index < -0.39 is 0 Å². The van der Waals surface area contributed by atoms with Crippen LogP contribution in [0.2, 0.25) is 0 Å². The Morgan fingerprint density at radius 3 is 1.18 bits per heavy atom. The van der Waals surface area contributed by atoms with E-state index in [9.17, 15) is 0 Å². The molecule has 68 valence electrons. The van der Waals surface area contributed by atoms with Gasteiger partial charge in [-0.05, 0) is 27.7 Å². The van der Waals surface area contributed by atoms with Crippen LogP contribution in [0.1, 0.15) is 27.7 Å². The lowest BCUT2D eigenvalue weighted by Gasteiger charge is -2.18. The Morgan fingerprint density at radius 2 is 1.00 bits per heavy atom. The minimum absolute atomic E-state index is 0.394. The van der Waals surface area contributed by atoms with Gasteiger partial charge in [0.2, 0.25) is 0 Å². The second kappa shape index (κ2) is 7.02. The summed E-state index contributed by atoms with van der Waals surface area (Å²) in [5.74, 6) is 0. The lowest BCUT2D eigenvalue weighted by molar-refractivity contribution is 0.439. The molecule has 0 N–H and O–H groups in total. The Balaban J connectivity index is 3.58. The first-order valence-electron chi connectivity index (χ1n) is 4.61. The molecular weight excluding hydrogens is 155 g/mol. The van der Waals surface area contributed by atoms with Crippen molar-refractivity contribution in [1.82, 2.24) is 9.34 Å². The summed E-state index contributed by atoms with van der Waals surface area (Å²) >= 11 is 0. The highest BCUT2D eigenvalue weighted by Gasteiger charge is 2.10. The van der Waals surface area contributed by atoms with Gasteiger partial charge in [-0.1, -0.05) is 0 Å². The monoisotopic (exact) mass is 177 g/mol. The highest BCUT2D eigenvalue weighted by Crippen LogP contribution is 2.21. The van der Waals surface area contributed by atoms with Gasteiger partial charge in [-0.3, -0.25) is 0 Å². The molecule has 3 heteroatoms. The zero-order valence-electron chi connectivity index (χ0n) is 8.30. The van der Waals surface area contributed by atoms with Gasteiger partial charge in [-0.15, -0.1) is 0 Å². The van der Waals surface area contributed by atoms with E-state index in [2.05, 4.69) is 37.0 Å². The molecule has 0 radical (unpaired) electrons. The fourth-order valence-electron chi connectivity index (χ4n) is 1.00. The van der Waals surface area contributed by atoms with Crippen LogP contribution in [0.4, 0.5) is 0 Å². The van der Waals surface area contributed by atoms with Crippen molar-refractivity contribution in [2.45, 2.75) is 27.7 Å². The van der Waals surface area contributed by atoms with E-state index in [1.807, 2.05) is 0 Å². The second-order valence-electron chi connectivity index (χ2n) is 2.56. The summed E-state index contributed by atoms with van der Waals surface area (Å²) < 4.78 is 5.04. The maximum atomic E-state index is 2.52. The van der Waals surface area contributed by atoms with Crippen LogP contribution in [0.3, 0.4) is 0 Å². The third-order valence-corrected chi connectivity index (χ3v) is 4.07. The second-order valence-corrected chi connectivity index (χ2v) is 4.25. The third-order valence-electron chi connectivity index (χ3n) is 1.95. The predicted molar refractivity (Wildman–Crippen MR) is 55.6 cm³/mol. The number of hydrogen-bond acceptors (Lipinski definition) is 2. The van der Waals surface area contributed by atoms with Crippen molar-refractivity contribution in [2.75, 3.05) is 26.2 Å². The minimum atomic E-state index is 0.394. The third kappa shape index (κ3) is 4.73. The minimum Gasteiger partial charge on any atom is -0.168 e. The maximum absolute atomic E-state index is 2.52. The molecule has 0 bridgehead atoms. The summed E-state index contributed by atoms with van der Waals surface area (Å²) in [6.45, 7) is 13.7. The molecule has 11 heavy (non-hydrogen) atoms. The predicted octanol–water partition coefficient (Wildman–Crippen LogP) is 1.91. The van der Waals surface area contributed by atoms with Gasteiger partial charge < -0.3 is 0 Å². The molecule has 2 nitrogen and oxygen atoms in total. The summed E-state index contributed by atoms with van der Waals surface area (Å²) in [6, 6.07) is 0. The molecule has 0 amide bonds. The van der Waals surface area contributed by atoms with Crippen LogP contribution in [0.5, 0.6) is 0 Å². The van der Waals surface area contributed by atoms with E-state index in [0.717, 1.165) is 0 Å². The van der Waals surface area contributed by atoms with Crippen LogP contribution < -0.4 is 0 Å². The van der Waals surface area contributed by atoms with Crippen molar-refractivity contribution < 1.29 is 0 Å². The van der Waals surface area contributed by atoms with E-state index in [-0.39, 0.29) is 0 Å². The van der Waals surface area contributed by atoms with Crippen LogP contribution in [-0.4, -0.2) is 35.5 Å². The average Bonchev–Trinajstić information content (AvgIpc) is 2.07. The first kappa shape index (κ1) is 11.4. The first-order chi connectivity index (χ1) is 5.28. The molecule has 0 aromatic heterocycles. The fourth-order valence-corrected chi connectivity index (χ4v) is 2.12. The molecule has 0 aromatic rings. The molecular formula is C8H22N2P+. The summed E-state index contributed by atoms with van der Waals surface area (Å²) in [7, 11) is 0.394. The molecule has 0 aromatic carbocycles. The lowest BCUT2D eigenvalue weighted by Crippen LogP contribution is -2.22. The lowest BCUT2D eigenvalue weighted by atomic mass is 10.7. The van der Waals surface area contributed by atoms with Gasteiger partial charge in [0.15, 0.2) is 0 Å². The number of rotatable bonds is 6. The normalized spacial score (nSPS) is 11.5. The highest BCUT2D eigenvalue weighted by molar-refractivity contribution is 7.32. The van der Waals surface area contributed by atoms with E-state index in [4.69, 9.17) is 0 Å². The van der Waals surface area contributed by atoms with Crippen LogP contribution in [0, 0.1) is 0 Å². The van der Waals surface area contributed by atoms with E-state index in [1.54, 1.807) is 0 Å². The van der Waals surface area contributed by atoms with Gasteiger partial charge in [-0.2, -0.15) is 9.34 Å². The van der Waals surface area contributed by atoms with Crippen molar-refractivity contribution in [3.63, 3.8) is 0 Å². The Labute approximate surface area is 72.8 Å². The summed E-state index contributed by atoms with van der Waals surface area (Å²) in [4.78, 5) is 0. The van der Waals surface area contributed by atoms with Crippen molar-refractivity contribution in [1.29, 1.82) is 0 Å². The largest absolute Gasteiger partial charge is 0.168 e. The van der Waals surface area contributed by atoms with Crippen molar-refractivity contribution >= 4 is 8.88 Å². The van der Waals surface area contributed by atoms with Gasteiger partial charge >= 0.3 is 0 Å². The molecule has 0 saturated heterocycles. The summed E-state index contributed by atoms with van der Waals surface area (Å²) in [6.07, 6.45) is 0. The molecule has 0 atom stereocenters. The Morgan fingerprint density at radius 1 is 0.727 bits per heavy atom. The zero-order valence-corrected chi connectivity index (χ0v) is 9.45. The fraction of sp³-hybridized carbons (Fsp3) is 1.00. The molecule has 0 saturated carbocycles. The van der Waals surface area contributed by atoms with Crippen molar-refractivity contribution in [2.24, 2.45) is 0 Å². The molecule has 0 spiro atoms. The standard InChI is InChI=1S/C8H21N2P/c1-5-9(6-2)11-10(7-3)8-4/h11H,5-8H2,1-4H3/p+1. The Hall–Kier alpha value is 0.350. The zero-order chi connectivity index (χ0) is 8.69. The molecule has 0 heterocycles. The molecule has 0 aliphatic rings. The van der Waals surface area contributed by atoms with Gasteiger partial charge in [0, 0.05) is 26.2 Å². The smallest absolute Gasteiger partial charge is 0.126 e. The van der Waals surface area contributed by atoms with Gasteiger partial charge in [-0.25, -0.2) is 0 Å². The van der Waals surface area contributed by atoms with Crippen molar-refractivity contribution in [3.8, 4) is 0 Å². The van der Waals surface area contributed by atoms with Crippen molar-refractivity contribution in [3.05, 3.63) is 0 Å². The van der Waals surface area contributed by atoms with E-state index in [0.29, 0.717) is 8.88 Å². The first-order valence-corrected chi connectivity index (χ1v) is 5.64. The van der Waals surface area contributed by atoms with Crippen LogP contribution in [0.25, 0.3) is 0 Å². The molecule has 0 rings (SSSR count). The maximum Gasteiger partial charge on any atom is 0.126 e. The van der Waals surface area contributed by atoms with Gasteiger partial charge in [0.05, 0.1) is 0 Å². The highest BCUT2D eigenvalue weighted by atomic mass is 31.1. The summed E-state index contributed by atoms with van der Waals surface area (Å²) in [5.41, 5.74) is 0. The van der Waals surface area contributed by atoms with Crippen LogP contribution in [0.15, 0.2) is 0 Å². The summed E-state index contributed by atoms with van der Waals surface area (Å²) in [5, 5.41) is 0. The molecule has 0 aliphatic heterocycles. The van der Waals surface area contributed by atoms with Gasteiger partial charge in [0.1, 0.15) is 8.88 Å². The SMILES string of the molecule is CCN(CC)[PH2+]N(CC)CC. The number of hydrogen-bond donors (Lipinski definition) is 0. The number of nitrogens with zero attached hydrogens (tertiary/aromatic N) is 2. The molecule has 0 fully saturated rings. The Bertz CT molecular complexity index is 70.2. The van der Waals surface area contributed by atoms with Gasteiger partial charge in [0.25, 0.3) is 0 Å². The quantitative estimate of drug-likeness (QED) is 0.572. The van der Waals surface area contributed by atoms with E-state index in [1.165, 1.54) is 26.2 Å². The average molecular weight is 177 g/mol. The van der Waals surface area contributed by atoms with Crippen LogP contribution >= 0.6 is 8.88 Å². The molecule has 0 unspecified atom stereocenters. The Kier molecular flexibility index (Phi) is 7.25. The topological polar surface area (TPSA) is 6.48 Å². The van der Waals surface area contributed by atoms with E-state index >= 15 is 0 Å². The van der Waals surface area contributed by atoms with Crippen LogP contribution in [-0.2, 0) is 0 Å².